The lowest BCUT2D eigenvalue weighted by molar-refractivity contribution is -0.115. The van der Waals surface area contributed by atoms with Gasteiger partial charge in [0, 0.05) is 0 Å². The smallest absolute Gasteiger partial charge is 0.142 e. The quantitative estimate of drug-likeness (QED) is 0.459. The van der Waals surface area contributed by atoms with Crippen molar-refractivity contribution in [2.75, 3.05) is 0 Å². The Hall–Kier alpha value is 0.400. The molecule has 0 bridgehead atoms. The average molecular weight is 198 g/mol. The van der Waals surface area contributed by atoms with Gasteiger partial charge in [0.05, 0.1) is 3.92 Å². The second-order valence-corrected chi connectivity index (χ2v) is 3.10. The molecule has 0 N–H and O–H groups in total. The van der Waals surface area contributed by atoms with Crippen LogP contribution in [-0.2, 0) is 4.79 Å². The van der Waals surface area contributed by atoms with Crippen molar-refractivity contribution in [3.05, 3.63) is 0 Å². The molecule has 0 aliphatic heterocycles. The molecule has 0 radical (unpaired) electrons. The van der Waals surface area contributed by atoms with Crippen LogP contribution in [-0.4, -0.2) is 9.71 Å². The highest BCUT2D eigenvalue weighted by atomic mass is 127. The van der Waals surface area contributed by atoms with E-state index in [1.165, 1.54) is 0 Å². The first-order chi connectivity index (χ1) is 2.64. The van der Waals surface area contributed by atoms with Gasteiger partial charge in [-0.05, 0) is 13.8 Å². The predicted octanol–water partition coefficient (Wildman–Crippen LogP) is 1.40. The van der Waals surface area contributed by atoms with Crippen LogP contribution in [0.25, 0.3) is 0 Å². The van der Waals surface area contributed by atoms with Crippen molar-refractivity contribution in [3.8, 4) is 0 Å². The number of hydrogen-bond donors (Lipinski definition) is 0. The highest BCUT2D eigenvalue weighted by Gasteiger charge is 1.97. The summed E-state index contributed by atoms with van der Waals surface area (Å²) in [5, 5.41) is 0. The Morgan fingerprint density at radius 3 is 2.00 bits per heavy atom. The topological polar surface area (TPSA) is 17.1 Å². The first-order valence-electron chi connectivity index (χ1n) is 1.79. The van der Waals surface area contributed by atoms with E-state index < -0.39 is 0 Å². The molecule has 0 amide bonds. The molecule has 2 heteroatoms. The lowest BCUT2D eigenvalue weighted by Gasteiger charge is -1.88. The lowest BCUT2D eigenvalue weighted by Crippen LogP contribution is -2.01. The van der Waals surface area contributed by atoms with Crippen LogP contribution in [0.1, 0.15) is 13.8 Å². The molecule has 0 heterocycles. The van der Waals surface area contributed by atoms with E-state index in [2.05, 4.69) is 22.6 Å². The molecule has 0 saturated carbocycles. The average Bonchev–Trinajstić information content (AvgIpc) is 1.36. The van der Waals surface area contributed by atoms with Gasteiger partial charge in [-0.3, -0.25) is 4.79 Å². The second kappa shape index (κ2) is 2.55. The van der Waals surface area contributed by atoms with Gasteiger partial charge in [-0.25, -0.2) is 0 Å². The van der Waals surface area contributed by atoms with Crippen LogP contribution in [0.5, 0.6) is 0 Å². The Balaban J connectivity index is 3.26. The molecule has 36 valence electrons. The molecule has 1 atom stereocenters. The summed E-state index contributed by atoms with van der Waals surface area (Å²) < 4.78 is 0.183. The molecule has 1 nitrogen and oxygen atoms in total. The van der Waals surface area contributed by atoms with Crippen molar-refractivity contribution in [1.82, 2.24) is 0 Å². The lowest BCUT2D eigenvalue weighted by atomic mass is 10.4. The number of Topliss-reactive ketones (excluding diaryl/α,β-unsaturated/α-hetero) is 1. The third-order valence-corrected chi connectivity index (χ3v) is 1.44. The Labute approximate surface area is 51.3 Å². The maximum atomic E-state index is 10.1. The van der Waals surface area contributed by atoms with Crippen LogP contribution in [0.3, 0.4) is 0 Å². The molecule has 0 aliphatic carbocycles. The van der Waals surface area contributed by atoms with Crippen LogP contribution < -0.4 is 0 Å². The summed E-state index contributed by atoms with van der Waals surface area (Å²) in [6, 6.07) is 0. The maximum absolute atomic E-state index is 10.1. The van der Waals surface area contributed by atoms with E-state index in [0.29, 0.717) is 0 Å². The third-order valence-electron chi connectivity index (χ3n) is 0.560. The highest BCUT2D eigenvalue weighted by molar-refractivity contribution is 14.1. The van der Waals surface area contributed by atoms with Gasteiger partial charge in [-0.15, -0.1) is 0 Å². The molecule has 0 aromatic heterocycles. The van der Waals surface area contributed by atoms with Crippen LogP contribution in [0, 0.1) is 0 Å². The van der Waals surface area contributed by atoms with E-state index in [1.807, 2.05) is 6.92 Å². The van der Waals surface area contributed by atoms with E-state index >= 15 is 0 Å². The number of rotatable bonds is 1. The van der Waals surface area contributed by atoms with E-state index in [0.717, 1.165) is 0 Å². The maximum Gasteiger partial charge on any atom is 0.142 e. The zero-order valence-corrected chi connectivity index (χ0v) is 6.02. The van der Waals surface area contributed by atoms with Crippen molar-refractivity contribution in [2.24, 2.45) is 0 Å². The Kier molecular flexibility index (Phi) is 2.72. The van der Waals surface area contributed by atoms with Gasteiger partial charge < -0.3 is 0 Å². The van der Waals surface area contributed by atoms with Gasteiger partial charge in [0.25, 0.3) is 0 Å². The summed E-state index contributed by atoms with van der Waals surface area (Å²) in [6.07, 6.45) is 0. The monoisotopic (exact) mass is 198 g/mol. The zero-order chi connectivity index (χ0) is 5.15. The number of hydrogen-bond acceptors (Lipinski definition) is 1. The second-order valence-electron chi connectivity index (χ2n) is 1.23. The van der Waals surface area contributed by atoms with Crippen molar-refractivity contribution in [3.63, 3.8) is 0 Å². The number of carbonyl (C=O) groups is 1. The SMILES string of the molecule is CC(=O)[C@@H](C)I. The molecular formula is C4H7IO. The molecule has 0 saturated heterocycles. The van der Waals surface area contributed by atoms with E-state index in [-0.39, 0.29) is 9.71 Å². The summed E-state index contributed by atoms with van der Waals surface area (Å²) in [5.41, 5.74) is 0. The van der Waals surface area contributed by atoms with E-state index in [4.69, 9.17) is 0 Å². The van der Waals surface area contributed by atoms with Crippen molar-refractivity contribution in [1.29, 1.82) is 0 Å². The molecule has 0 aromatic carbocycles. The standard InChI is InChI=1S/C4H7IO/c1-3(5)4(2)6/h3H,1-2H3/t3-/m1/s1. The first-order valence-corrected chi connectivity index (χ1v) is 3.03. The fourth-order valence-electron chi connectivity index (χ4n) is 0. The fraction of sp³-hybridized carbons (Fsp3) is 0.750. The summed E-state index contributed by atoms with van der Waals surface area (Å²) >= 11 is 2.08. The Bertz CT molecular complexity index is 58.6. The number of alkyl halides is 1. The Morgan fingerprint density at radius 2 is 2.00 bits per heavy atom. The van der Waals surface area contributed by atoms with E-state index in [9.17, 15) is 4.79 Å². The summed E-state index contributed by atoms with van der Waals surface area (Å²) in [7, 11) is 0. The largest absolute Gasteiger partial charge is 0.299 e. The zero-order valence-electron chi connectivity index (χ0n) is 3.86. The summed E-state index contributed by atoms with van der Waals surface area (Å²) in [5.74, 6) is 0.246. The third kappa shape index (κ3) is 2.63. The number of carbonyl (C=O) groups excluding carboxylic acids is 1. The van der Waals surface area contributed by atoms with Crippen molar-refractivity contribution < 1.29 is 4.79 Å². The molecule has 0 unspecified atom stereocenters. The van der Waals surface area contributed by atoms with Crippen LogP contribution >= 0.6 is 22.6 Å². The highest BCUT2D eigenvalue weighted by Crippen LogP contribution is 1.96. The molecule has 0 aliphatic rings. The van der Waals surface area contributed by atoms with Gasteiger partial charge in [-0.1, -0.05) is 22.6 Å². The van der Waals surface area contributed by atoms with Gasteiger partial charge in [0.2, 0.25) is 0 Å². The van der Waals surface area contributed by atoms with Crippen LogP contribution in [0.15, 0.2) is 0 Å². The predicted molar refractivity (Wildman–Crippen MR) is 34.2 cm³/mol. The van der Waals surface area contributed by atoms with Gasteiger partial charge in [0.1, 0.15) is 5.78 Å². The molecular weight excluding hydrogens is 191 g/mol. The minimum atomic E-state index is 0.183. The minimum Gasteiger partial charge on any atom is -0.299 e. The molecule has 0 fully saturated rings. The van der Waals surface area contributed by atoms with Gasteiger partial charge >= 0.3 is 0 Å². The number of ketones is 1. The summed E-state index contributed by atoms with van der Waals surface area (Å²) in [6.45, 7) is 3.47. The van der Waals surface area contributed by atoms with Crippen LogP contribution in [0.4, 0.5) is 0 Å². The first kappa shape index (κ1) is 6.40. The number of halogens is 1. The molecule has 0 aromatic rings. The van der Waals surface area contributed by atoms with Gasteiger partial charge in [0.15, 0.2) is 0 Å². The molecule has 0 spiro atoms. The van der Waals surface area contributed by atoms with Crippen molar-refractivity contribution in [2.45, 2.75) is 17.8 Å². The minimum absolute atomic E-state index is 0.183. The van der Waals surface area contributed by atoms with Crippen LogP contribution in [0.2, 0.25) is 0 Å². The van der Waals surface area contributed by atoms with Crippen molar-refractivity contribution >= 4 is 28.4 Å². The van der Waals surface area contributed by atoms with E-state index in [1.54, 1.807) is 6.92 Å². The molecule has 6 heavy (non-hydrogen) atoms. The summed E-state index contributed by atoms with van der Waals surface area (Å²) in [4.78, 5) is 10.1. The Morgan fingerprint density at radius 1 is 1.83 bits per heavy atom. The van der Waals surface area contributed by atoms with Gasteiger partial charge in [-0.2, -0.15) is 0 Å². The normalized spacial score (nSPS) is 13.8. The molecule has 0 rings (SSSR count). The fourth-order valence-corrected chi connectivity index (χ4v) is 0.